The minimum atomic E-state index is -0.316. The summed E-state index contributed by atoms with van der Waals surface area (Å²) in [6, 6.07) is 5.51. The summed E-state index contributed by atoms with van der Waals surface area (Å²) in [5, 5.41) is 3.93. The third-order valence-electron chi connectivity index (χ3n) is 4.11. The SMILES string of the molecule is Cl.NCC(=O)NCC(=O)N1CCC(Cc2cc(Cl)ccc2Cl)CC1. The molecule has 5 nitrogen and oxygen atoms in total. The molecule has 1 aliphatic rings. The van der Waals surface area contributed by atoms with Gasteiger partial charge >= 0.3 is 0 Å². The fraction of sp³-hybridized carbons (Fsp3) is 0.500. The lowest BCUT2D eigenvalue weighted by Crippen LogP contribution is -2.45. The first-order chi connectivity index (χ1) is 11.0. The van der Waals surface area contributed by atoms with E-state index in [1.807, 2.05) is 12.1 Å². The topological polar surface area (TPSA) is 75.4 Å². The largest absolute Gasteiger partial charge is 0.346 e. The number of amides is 2. The van der Waals surface area contributed by atoms with Crippen LogP contribution in [0.25, 0.3) is 0 Å². The molecular formula is C16H22Cl3N3O2. The van der Waals surface area contributed by atoms with Crippen LogP contribution in [0.5, 0.6) is 0 Å². The van der Waals surface area contributed by atoms with Gasteiger partial charge in [0.1, 0.15) is 0 Å². The van der Waals surface area contributed by atoms with Crippen molar-refractivity contribution in [1.82, 2.24) is 10.2 Å². The molecule has 1 fully saturated rings. The molecule has 0 spiro atoms. The number of likely N-dealkylation sites (tertiary alicyclic amines) is 1. The molecule has 134 valence electrons. The summed E-state index contributed by atoms with van der Waals surface area (Å²) in [6.07, 6.45) is 2.70. The Morgan fingerprint density at radius 3 is 2.54 bits per heavy atom. The van der Waals surface area contributed by atoms with Crippen molar-refractivity contribution in [2.45, 2.75) is 19.3 Å². The van der Waals surface area contributed by atoms with E-state index in [0.717, 1.165) is 29.8 Å². The number of hydrogen-bond donors (Lipinski definition) is 2. The molecule has 24 heavy (non-hydrogen) atoms. The summed E-state index contributed by atoms with van der Waals surface area (Å²) in [4.78, 5) is 24.9. The van der Waals surface area contributed by atoms with Gasteiger partial charge in [-0.3, -0.25) is 9.59 Å². The van der Waals surface area contributed by atoms with Crippen LogP contribution in [0.15, 0.2) is 18.2 Å². The number of nitrogens with one attached hydrogen (secondary N) is 1. The van der Waals surface area contributed by atoms with Crippen molar-refractivity contribution < 1.29 is 9.59 Å². The summed E-state index contributed by atoms with van der Waals surface area (Å²) in [6.45, 7) is 1.30. The van der Waals surface area contributed by atoms with Crippen molar-refractivity contribution in [1.29, 1.82) is 0 Å². The maximum Gasteiger partial charge on any atom is 0.241 e. The number of nitrogens with two attached hydrogens (primary N) is 1. The number of carbonyl (C=O) groups is 2. The number of hydrogen-bond acceptors (Lipinski definition) is 3. The van der Waals surface area contributed by atoms with Gasteiger partial charge in [0.2, 0.25) is 11.8 Å². The Bertz CT molecular complexity index is 576. The van der Waals surface area contributed by atoms with Crippen LogP contribution in [-0.4, -0.2) is 42.9 Å². The van der Waals surface area contributed by atoms with Gasteiger partial charge < -0.3 is 16.0 Å². The highest BCUT2D eigenvalue weighted by Crippen LogP contribution is 2.27. The molecule has 2 rings (SSSR count). The van der Waals surface area contributed by atoms with E-state index in [-0.39, 0.29) is 37.3 Å². The molecule has 1 heterocycles. The second-order valence-electron chi connectivity index (χ2n) is 5.74. The van der Waals surface area contributed by atoms with E-state index in [2.05, 4.69) is 5.32 Å². The van der Waals surface area contributed by atoms with Crippen LogP contribution in [-0.2, 0) is 16.0 Å². The van der Waals surface area contributed by atoms with Gasteiger partial charge in [0.15, 0.2) is 0 Å². The summed E-state index contributed by atoms with van der Waals surface area (Å²) in [5.74, 6) is 0.100. The molecule has 0 aliphatic carbocycles. The van der Waals surface area contributed by atoms with Gasteiger partial charge in [-0.25, -0.2) is 0 Å². The standard InChI is InChI=1S/C16H21Cl2N3O2.ClH/c17-13-1-2-14(18)12(8-13)7-11-3-5-21(6-4-11)16(23)10-20-15(22)9-19;/h1-2,8,11H,3-7,9-10,19H2,(H,20,22);1H. The van der Waals surface area contributed by atoms with Crippen molar-refractivity contribution in [3.63, 3.8) is 0 Å². The Kier molecular flexibility index (Phi) is 8.84. The number of piperidine rings is 1. The molecule has 1 aromatic carbocycles. The molecule has 0 bridgehead atoms. The van der Waals surface area contributed by atoms with Crippen LogP contribution in [0.3, 0.4) is 0 Å². The molecule has 1 saturated heterocycles. The van der Waals surface area contributed by atoms with Gasteiger partial charge in [0, 0.05) is 23.1 Å². The van der Waals surface area contributed by atoms with Gasteiger partial charge in [0.25, 0.3) is 0 Å². The smallest absolute Gasteiger partial charge is 0.241 e. The molecule has 0 atom stereocenters. The maximum absolute atomic E-state index is 12.0. The van der Waals surface area contributed by atoms with E-state index in [0.29, 0.717) is 24.0 Å². The Labute approximate surface area is 158 Å². The number of benzene rings is 1. The first-order valence-corrected chi connectivity index (χ1v) is 8.43. The van der Waals surface area contributed by atoms with E-state index < -0.39 is 0 Å². The van der Waals surface area contributed by atoms with Gasteiger partial charge in [-0.05, 0) is 48.9 Å². The van der Waals surface area contributed by atoms with E-state index in [1.54, 1.807) is 11.0 Å². The van der Waals surface area contributed by atoms with Gasteiger partial charge in [-0.15, -0.1) is 12.4 Å². The Morgan fingerprint density at radius 2 is 1.92 bits per heavy atom. The van der Waals surface area contributed by atoms with Crippen molar-refractivity contribution in [3.05, 3.63) is 33.8 Å². The zero-order chi connectivity index (χ0) is 16.8. The summed E-state index contributed by atoms with van der Waals surface area (Å²) in [7, 11) is 0. The molecule has 8 heteroatoms. The van der Waals surface area contributed by atoms with Crippen molar-refractivity contribution >= 4 is 47.4 Å². The van der Waals surface area contributed by atoms with E-state index in [9.17, 15) is 9.59 Å². The lowest BCUT2D eigenvalue weighted by Gasteiger charge is -2.32. The summed E-state index contributed by atoms with van der Waals surface area (Å²) < 4.78 is 0. The van der Waals surface area contributed by atoms with E-state index in [1.165, 1.54) is 0 Å². The minimum Gasteiger partial charge on any atom is -0.346 e. The van der Waals surface area contributed by atoms with Gasteiger partial charge in [0.05, 0.1) is 13.1 Å². The quantitative estimate of drug-likeness (QED) is 0.804. The average Bonchev–Trinajstić information content (AvgIpc) is 2.56. The van der Waals surface area contributed by atoms with Crippen LogP contribution in [0.2, 0.25) is 10.0 Å². The molecule has 0 aromatic heterocycles. The van der Waals surface area contributed by atoms with Gasteiger partial charge in [-0.1, -0.05) is 23.2 Å². The average molecular weight is 395 g/mol. The van der Waals surface area contributed by atoms with Crippen LogP contribution < -0.4 is 11.1 Å². The van der Waals surface area contributed by atoms with Crippen LogP contribution in [0.4, 0.5) is 0 Å². The van der Waals surface area contributed by atoms with E-state index in [4.69, 9.17) is 28.9 Å². The first-order valence-electron chi connectivity index (χ1n) is 7.68. The second kappa shape index (κ2) is 10.1. The summed E-state index contributed by atoms with van der Waals surface area (Å²) >= 11 is 12.2. The monoisotopic (exact) mass is 393 g/mol. The fourth-order valence-corrected chi connectivity index (χ4v) is 3.14. The third-order valence-corrected chi connectivity index (χ3v) is 4.71. The third kappa shape index (κ3) is 6.13. The molecule has 3 N–H and O–H groups in total. The Hall–Kier alpha value is -1.01. The molecule has 1 aliphatic heterocycles. The predicted octanol–water partition coefficient (Wildman–Crippen LogP) is 2.27. The van der Waals surface area contributed by atoms with E-state index >= 15 is 0 Å². The minimum absolute atomic E-state index is 0. The molecular weight excluding hydrogens is 373 g/mol. The Morgan fingerprint density at radius 1 is 1.25 bits per heavy atom. The molecule has 2 amide bonds. The number of rotatable bonds is 5. The predicted molar refractivity (Wildman–Crippen MR) is 98.8 cm³/mol. The van der Waals surface area contributed by atoms with Crippen LogP contribution in [0, 0.1) is 5.92 Å². The lowest BCUT2D eigenvalue weighted by molar-refractivity contribution is -0.133. The van der Waals surface area contributed by atoms with Gasteiger partial charge in [-0.2, -0.15) is 0 Å². The molecule has 0 unspecified atom stereocenters. The molecule has 0 saturated carbocycles. The Balaban J connectivity index is 0.00000288. The maximum atomic E-state index is 12.0. The highest BCUT2D eigenvalue weighted by molar-refractivity contribution is 6.33. The van der Waals surface area contributed by atoms with Crippen molar-refractivity contribution in [3.8, 4) is 0 Å². The second-order valence-corrected chi connectivity index (χ2v) is 6.59. The summed E-state index contributed by atoms with van der Waals surface area (Å²) in [5.41, 5.74) is 6.25. The van der Waals surface area contributed by atoms with Crippen LogP contribution >= 0.6 is 35.6 Å². The molecule has 1 aromatic rings. The molecule has 0 radical (unpaired) electrons. The number of halogens is 3. The van der Waals surface area contributed by atoms with Crippen LogP contribution in [0.1, 0.15) is 18.4 Å². The zero-order valence-electron chi connectivity index (χ0n) is 13.3. The lowest BCUT2D eigenvalue weighted by atomic mass is 9.90. The highest BCUT2D eigenvalue weighted by atomic mass is 35.5. The normalized spacial score (nSPS) is 14.9. The van der Waals surface area contributed by atoms with Crippen molar-refractivity contribution in [2.75, 3.05) is 26.2 Å². The number of carbonyl (C=O) groups excluding carboxylic acids is 2. The number of nitrogens with zero attached hydrogens (tertiary/aromatic N) is 1. The van der Waals surface area contributed by atoms with Crippen molar-refractivity contribution in [2.24, 2.45) is 11.7 Å². The zero-order valence-corrected chi connectivity index (χ0v) is 15.6. The first kappa shape index (κ1) is 21.0. The highest BCUT2D eigenvalue weighted by Gasteiger charge is 2.23. The fourth-order valence-electron chi connectivity index (χ4n) is 2.76.